The minimum absolute atomic E-state index is 0.0281. The largest absolute Gasteiger partial charge is 0.494 e. The van der Waals surface area contributed by atoms with Crippen molar-refractivity contribution in [3.63, 3.8) is 0 Å². The number of thiophene rings is 1. The molecule has 0 bridgehead atoms. The van der Waals surface area contributed by atoms with E-state index in [1.54, 1.807) is 11.3 Å². The third kappa shape index (κ3) is 4.34. The number of rotatable bonds is 7. The van der Waals surface area contributed by atoms with Crippen molar-refractivity contribution in [1.29, 1.82) is 0 Å². The Bertz CT molecular complexity index is 1090. The van der Waals surface area contributed by atoms with Crippen LogP contribution in [0.2, 0.25) is 0 Å². The van der Waals surface area contributed by atoms with Crippen LogP contribution in [0.3, 0.4) is 0 Å². The van der Waals surface area contributed by atoms with Gasteiger partial charge in [-0.15, -0.1) is 11.3 Å². The number of aromatic nitrogens is 2. The number of carbonyl (C=O) groups excluding carboxylic acids is 1. The zero-order chi connectivity index (χ0) is 20.2. The smallest absolute Gasteiger partial charge is 0.306 e. The van der Waals surface area contributed by atoms with Crippen molar-refractivity contribution in [3.05, 3.63) is 56.4 Å². The number of fused-ring (bicyclic) bond motifs is 3. The molecule has 0 radical (unpaired) electrons. The van der Waals surface area contributed by atoms with Gasteiger partial charge in [-0.3, -0.25) is 9.59 Å². The molecule has 6 nitrogen and oxygen atoms in total. The van der Waals surface area contributed by atoms with Crippen molar-refractivity contribution in [1.82, 2.24) is 9.97 Å². The van der Waals surface area contributed by atoms with Gasteiger partial charge in [-0.25, -0.2) is 4.98 Å². The van der Waals surface area contributed by atoms with E-state index in [1.165, 1.54) is 4.88 Å². The lowest BCUT2D eigenvalue weighted by atomic mass is 9.97. The highest BCUT2D eigenvalue weighted by atomic mass is 32.1. The van der Waals surface area contributed by atoms with Crippen molar-refractivity contribution in [3.8, 4) is 5.75 Å². The van der Waals surface area contributed by atoms with Crippen LogP contribution in [0.25, 0.3) is 10.2 Å². The van der Waals surface area contributed by atoms with Crippen LogP contribution < -0.4 is 10.3 Å². The maximum atomic E-state index is 12.5. The number of carbonyl (C=O) groups is 1. The molecule has 0 aliphatic heterocycles. The molecule has 0 fully saturated rings. The Hall–Kier alpha value is -2.67. The number of benzene rings is 1. The van der Waals surface area contributed by atoms with E-state index in [9.17, 15) is 9.59 Å². The summed E-state index contributed by atoms with van der Waals surface area (Å²) >= 11 is 1.59. The first-order chi connectivity index (χ1) is 14.2. The first-order valence-electron chi connectivity index (χ1n) is 10.1. The summed E-state index contributed by atoms with van der Waals surface area (Å²) in [5, 5.41) is 0.715. The third-order valence-corrected chi connectivity index (χ3v) is 6.30. The van der Waals surface area contributed by atoms with E-state index in [2.05, 4.69) is 9.97 Å². The van der Waals surface area contributed by atoms with Gasteiger partial charge in [0.25, 0.3) is 5.56 Å². The van der Waals surface area contributed by atoms with Crippen LogP contribution in [0.5, 0.6) is 5.75 Å². The van der Waals surface area contributed by atoms with Gasteiger partial charge in [0.15, 0.2) is 0 Å². The predicted molar refractivity (Wildman–Crippen MR) is 113 cm³/mol. The molecule has 2 aromatic heterocycles. The monoisotopic (exact) mass is 412 g/mol. The van der Waals surface area contributed by atoms with Gasteiger partial charge in [-0.05, 0) is 56.2 Å². The van der Waals surface area contributed by atoms with Crippen molar-refractivity contribution in [2.45, 2.75) is 52.1 Å². The molecule has 0 saturated heterocycles. The van der Waals surface area contributed by atoms with Crippen LogP contribution in [-0.2, 0) is 35.4 Å². The van der Waals surface area contributed by atoms with Crippen LogP contribution >= 0.6 is 11.3 Å². The molecule has 1 aliphatic rings. The SMILES string of the molecule is CCOc1ccccc1CCC(=O)OCc1nc2sc3c(c2c(=O)[nH]1)CCCC3. The number of ether oxygens (including phenoxy) is 2. The fourth-order valence-corrected chi connectivity index (χ4v) is 5.02. The van der Waals surface area contributed by atoms with Gasteiger partial charge in [0.1, 0.15) is 23.0 Å². The van der Waals surface area contributed by atoms with Gasteiger partial charge in [-0.1, -0.05) is 18.2 Å². The quantitative estimate of drug-likeness (QED) is 0.595. The average molecular weight is 413 g/mol. The van der Waals surface area contributed by atoms with Gasteiger partial charge < -0.3 is 14.5 Å². The van der Waals surface area contributed by atoms with Gasteiger partial charge >= 0.3 is 5.97 Å². The standard InChI is InChI=1S/C22H24N2O4S/c1-2-27-16-9-5-3-7-14(16)11-12-19(25)28-13-18-23-21(26)20-15-8-4-6-10-17(15)29-22(20)24-18/h3,5,7,9H,2,4,6,8,10-13H2,1H3,(H,23,24,26). The molecule has 29 heavy (non-hydrogen) atoms. The predicted octanol–water partition coefficient (Wildman–Crippen LogP) is 3.94. The normalized spacial score (nSPS) is 13.3. The van der Waals surface area contributed by atoms with Crippen molar-refractivity contribution < 1.29 is 14.3 Å². The number of nitrogens with zero attached hydrogens (tertiary/aromatic N) is 1. The highest BCUT2D eigenvalue weighted by Crippen LogP contribution is 2.33. The highest BCUT2D eigenvalue weighted by molar-refractivity contribution is 7.18. The Labute approximate surface area is 172 Å². The molecule has 0 unspecified atom stereocenters. The van der Waals surface area contributed by atoms with Crippen LogP contribution in [0.1, 0.15) is 48.0 Å². The molecule has 0 saturated carbocycles. The lowest BCUT2D eigenvalue weighted by Gasteiger charge is -2.10. The Balaban J connectivity index is 1.39. The van der Waals surface area contributed by atoms with Crippen LogP contribution in [0, 0.1) is 0 Å². The maximum Gasteiger partial charge on any atom is 0.306 e. The second-order valence-corrected chi connectivity index (χ2v) is 8.19. The Morgan fingerprint density at radius 2 is 2.07 bits per heavy atom. The fraction of sp³-hybridized carbons (Fsp3) is 0.409. The second-order valence-electron chi connectivity index (χ2n) is 7.11. The first-order valence-corrected chi connectivity index (χ1v) is 10.9. The Kier molecular flexibility index (Phi) is 5.94. The van der Waals surface area contributed by atoms with E-state index < -0.39 is 0 Å². The topological polar surface area (TPSA) is 81.3 Å². The molecule has 0 atom stereocenters. The molecule has 1 N–H and O–H groups in total. The van der Waals surface area contributed by atoms with Crippen LogP contribution in [0.15, 0.2) is 29.1 Å². The van der Waals surface area contributed by atoms with Crippen LogP contribution in [0.4, 0.5) is 0 Å². The summed E-state index contributed by atoms with van der Waals surface area (Å²) in [5.74, 6) is 0.856. The molecular weight excluding hydrogens is 388 g/mol. The number of aromatic amines is 1. The second kappa shape index (κ2) is 8.78. The Morgan fingerprint density at radius 1 is 1.24 bits per heavy atom. The summed E-state index contributed by atoms with van der Waals surface area (Å²) in [4.78, 5) is 34.1. The lowest BCUT2D eigenvalue weighted by Crippen LogP contribution is -2.15. The van der Waals surface area contributed by atoms with E-state index in [1.807, 2.05) is 31.2 Å². The number of H-pyrrole nitrogens is 1. The fourth-order valence-electron chi connectivity index (χ4n) is 3.74. The van der Waals surface area contributed by atoms with Crippen molar-refractivity contribution >= 4 is 27.5 Å². The minimum Gasteiger partial charge on any atom is -0.494 e. The summed E-state index contributed by atoms with van der Waals surface area (Å²) in [6.45, 7) is 2.48. The number of esters is 1. The van der Waals surface area contributed by atoms with Crippen molar-refractivity contribution in [2.75, 3.05) is 6.61 Å². The maximum absolute atomic E-state index is 12.5. The average Bonchev–Trinajstić information content (AvgIpc) is 3.10. The number of nitrogens with one attached hydrogen (secondary N) is 1. The molecule has 2 heterocycles. The number of hydrogen-bond acceptors (Lipinski definition) is 6. The van der Waals surface area contributed by atoms with E-state index in [-0.39, 0.29) is 24.6 Å². The van der Waals surface area contributed by atoms with E-state index in [0.29, 0.717) is 24.2 Å². The molecule has 7 heteroatoms. The number of para-hydroxylation sites is 1. The molecule has 1 aliphatic carbocycles. The zero-order valence-electron chi connectivity index (χ0n) is 16.5. The molecule has 0 amide bonds. The number of aryl methyl sites for hydroxylation is 3. The van der Waals surface area contributed by atoms with Gasteiger partial charge in [-0.2, -0.15) is 0 Å². The summed E-state index contributed by atoms with van der Waals surface area (Å²) in [5.41, 5.74) is 2.00. The van der Waals surface area contributed by atoms with Crippen LogP contribution in [-0.4, -0.2) is 22.5 Å². The first kappa shape index (κ1) is 19.6. The summed E-state index contributed by atoms with van der Waals surface area (Å²) in [6, 6.07) is 7.68. The molecule has 0 spiro atoms. The molecule has 4 rings (SSSR count). The Morgan fingerprint density at radius 3 is 2.93 bits per heavy atom. The lowest BCUT2D eigenvalue weighted by molar-refractivity contribution is -0.145. The molecule has 3 aromatic rings. The van der Waals surface area contributed by atoms with Crippen molar-refractivity contribution in [2.24, 2.45) is 0 Å². The summed E-state index contributed by atoms with van der Waals surface area (Å²) < 4.78 is 10.9. The molecule has 1 aromatic carbocycles. The minimum atomic E-state index is -0.329. The molecule has 152 valence electrons. The highest BCUT2D eigenvalue weighted by Gasteiger charge is 2.20. The van der Waals surface area contributed by atoms with E-state index >= 15 is 0 Å². The molecular formula is C22H24N2O4S. The van der Waals surface area contributed by atoms with Gasteiger partial charge in [0.2, 0.25) is 0 Å². The van der Waals surface area contributed by atoms with E-state index in [0.717, 1.165) is 47.4 Å². The zero-order valence-corrected chi connectivity index (χ0v) is 17.3. The summed E-state index contributed by atoms with van der Waals surface area (Å²) in [6.07, 6.45) is 5.01. The third-order valence-electron chi connectivity index (χ3n) is 5.11. The van der Waals surface area contributed by atoms with Gasteiger partial charge in [0.05, 0.1) is 12.0 Å². The number of hydrogen-bond donors (Lipinski definition) is 1. The van der Waals surface area contributed by atoms with Gasteiger partial charge in [0, 0.05) is 11.3 Å². The summed E-state index contributed by atoms with van der Waals surface area (Å²) in [7, 11) is 0. The van der Waals surface area contributed by atoms with E-state index in [4.69, 9.17) is 9.47 Å².